The number of nitrogens with one attached hydrogen (secondary N) is 1. The molecule has 1 aromatic rings. The Labute approximate surface area is 114 Å². The van der Waals surface area contributed by atoms with Crippen LogP contribution in [0.5, 0.6) is 0 Å². The molecule has 1 heterocycles. The molecule has 1 aliphatic heterocycles. The van der Waals surface area contributed by atoms with Crippen LogP contribution in [0.25, 0.3) is 0 Å². The second-order valence-corrected chi connectivity index (χ2v) is 4.99. The van der Waals surface area contributed by atoms with Gasteiger partial charge in [-0.25, -0.2) is 4.79 Å². The SMILES string of the molecule is CC[C@H]1CCCN(C(=O)Nc2cccc(C#N)c2)C1. The summed E-state index contributed by atoms with van der Waals surface area (Å²) in [5, 5.41) is 11.7. The Morgan fingerprint density at radius 2 is 2.42 bits per heavy atom. The average molecular weight is 257 g/mol. The van der Waals surface area contributed by atoms with Gasteiger partial charge in [0.2, 0.25) is 0 Å². The van der Waals surface area contributed by atoms with Crippen molar-refractivity contribution in [2.45, 2.75) is 26.2 Å². The molecule has 1 N–H and O–H groups in total. The Kier molecular flexibility index (Phi) is 4.40. The zero-order valence-electron chi connectivity index (χ0n) is 11.2. The minimum atomic E-state index is -0.0618. The van der Waals surface area contributed by atoms with Crippen LogP contribution in [0.4, 0.5) is 10.5 Å². The van der Waals surface area contributed by atoms with Crippen molar-refractivity contribution < 1.29 is 4.79 Å². The first-order valence-electron chi connectivity index (χ1n) is 6.79. The fourth-order valence-corrected chi connectivity index (χ4v) is 2.45. The zero-order chi connectivity index (χ0) is 13.7. The van der Waals surface area contributed by atoms with Crippen LogP contribution >= 0.6 is 0 Å². The topological polar surface area (TPSA) is 56.1 Å². The molecule has 1 aromatic carbocycles. The third-order valence-corrected chi connectivity index (χ3v) is 3.63. The summed E-state index contributed by atoms with van der Waals surface area (Å²) in [5.41, 5.74) is 1.24. The molecule has 19 heavy (non-hydrogen) atoms. The maximum Gasteiger partial charge on any atom is 0.321 e. The number of anilines is 1. The van der Waals surface area contributed by atoms with E-state index in [1.807, 2.05) is 4.90 Å². The highest BCUT2D eigenvalue weighted by Gasteiger charge is 2.22. The minimum Gasteiger partial charge on any atom is -0.324 e. The summed E-state index contributed by atoms with van der Waals surface area (Å²) in [7, 11) is 0. The van der Waals surface area contributed by atoms with E-state index in [-0.39, 0.29) is 6.03 Å². The van der Waals surface area contributed by atoms with E-state index in [1.54, 1.807) is 24.3 Å². The first-order valence-corrected chi connectivity index (χ1v) is 6.79. The smallest absolute Gasteiger partial charge is 0.321 e. The lowest BCUT2D eigenvalue weighted by molar-refractivity contribution is 0.176. The first kappa shape index (κ1) is 13.4. The molecule has 100 valence electrons. The number of hydrogen-bond donors (Lipinski definition) is 1. The molecule has 0 unspecified atom stereocenters. The van der Waals surface area contributed by atoms with E-state index in [4.69, 9.17) is 5.26 Å². The number of nitriles is 1. The summed E-state index contributed by atoms with van der Waals surface area (Å²) < 4.78 is 0. The van der Waals surface area contributed by atoms with Crippen LogP contribution in [-0.2, 0) is 0 Å². The molecule has 0 saturated carbocycles. The molecular weight excluding hydrogens is 238 g/mol. The van der Waals surface area contributed by atoms with Crippen molar-refractivity contribution in [3.05, 3.63) is 29.8 Å². The predicted octanol–water partition coefficient (Wildman–Crippen LogP) is 3.21. The van der Waals surface area contributed by atoms with Crippen molar-refractivity contribution in [3.63, 3.8) is 0 Å². The van der Waals surface area contributed by atoms with Crippen molar-refractivity contribution in [3.8, 4) is 6.07 Å². The van der Waals surface area contributed by atoms with Gasteiger partial charge in [0, 0.05) is 18.8 Å². The van der Waals surface area contributed by atoms with E-state index in [0.29, 0.717) is 17.2 Å². The average Bonchev–Trinajstić information content (AvgIpc) is 2.47. The Hall–Kier alpha value is -2.02. The fraction of sp³-hybridized carbons (Fsp3) is 0.467. The molecule has 1 saturated heterocycles. The molecule has 0 spiro atoms. The molecule has 1 atom stereocenters. The minimum absolute atomic E-state index is 0.0618. The van der Waals surface area contributed by atoms with Crippen LogP contribution in [0, 0.1) is 17.2 Å². The number of benzene rings is 1. The Bertz CT molecular complexity index is 492. The highest BCUT2D eigenvalue weighted by atomic mass is 16.2. The molecule has 1 fully saturated rings. The summed E-state index contributed by atoms with van der Waals surface area (Å²) in [6, 6.07) is 9.01. The standard InChI is InChI=1S/C15H19N3O/c1-2-12-6-4-8-18(11-12)15(19)17-14-7-3-5-13(9-14)10-16/h3,5,7,9,12H,2,4,6,8,11H2,1H3,(H,17,19)/t12-/m0/s1. The number of hydrogen-bond acceptors (Lipinski definition) is 2. The summed E-state index contributed by atoms with van der Waals surface area (Å²) in [6.45, 7) is 3.82. The summed E-state index contributed by atoms with van der Waals surface area (Å²) in [5.74, 6) is 0.616. The highest BCUT2D eigenvalue weighted by molar-refractivity contribution is 5.89. The van der Waals surface area contributed by atoms with E-state index in [2.05, 4.69) is 18.3 Å². The number of amides is 2. The number of urea groups is 1. The quantitative estimate of drug-likeness (QED) is 0.884. The van der Waals surface area contributed by atoms with Crippen LogP contribution in [-0.4, -0.2) is 24.0 Å². The van der Waals surface area contributed by atoms with E-state index < -0.39 is 0 Å². The predicted molar refractivity (Wildman–Crippen MR) is 74.8 cm³/mol. The number of carbonyl (C=O) groups is 1. The van der Waals surface area contributed by atoms with E-state index in [0.717, 1.165) is 25.9 Å². The van der Waals surface area contributed by atoms with Gasteiger partial charge in [-0.3, -0.25) is 0 Å². The van der Waals surface area contributed by atoms with E-state index in [1.165, 1.54) is 6.42 Å². The van der Waals surface area contributed by atoms with Gasteiger partial charge in [0.05, 0.1) is 11.6 Å². The number of carbonyl (C=O) groups excluding carboxylic acids is 1. The van der Waals surface area contributed by atoms with Crippen molar-refractivity contribution in [2.24, 2.45) is 5.92 Å². The number of rotatable bonds is 2. The molecular formula is C15H19N3O. The monoisotopic (exact) mass is 257 g/mol. The maximum atomic E-state index is 12.2. The third kappa shape index (κ3) is 3.47. The molecule has 0 bridgehead atoms. The van der Waals surface area contributed by atoms with Gasteiger partial charge < -0.3 is 10.2 Å². The van der Waals surface area contributed by atoms with Gasteiger partial charge in [0.25, 0.3) is 0 Å². The van der Waals surface area contributed by atoms with Crippen molar-refractivity contribution in [1.29, 1.82) is 5.26 Å². The zero-order valence-corrected chi connectivity index (χ0v) is 11.2. The molecule has 0 aliphatic carbocycles. The molecule has 0 radical (unpaired) electrons. The number of piperidine rings is 1. The van der Waals surface area contributed by atoms with E-state index >= 15 is 0 Å². The van der Waals surface area contributed by atoms with E-state index in [9.17, 15) is 4.79 Å². The van der Waals surface area contributed by atoms with Crippen molar-refractivity contribution in [1.82, 2.24) is 4.90 Å². The van der Waals surface area contributed by atoms with Gasteiger partial charge in [-0.2, -0.15) is 5.26 Å². The van der Waals surface area contributed by atoms with Crippen LogP contribution in [0.2, 0.25) is 0 Å². The molecule has 2 rings (SSSR count). The van der Waals surface area contributed by atoms with Crippen LogP contribution < -0.4 is 5.32 Å². The molecule has 4 nitrogen and oxygen atoms in total. The number of nitrogens with zero attached hydrogens (tertiary/aromatic N) is 2. The molecule has 4 heteroatoms. The number of likely N-dealkylation sites (tertiary alicyclic amines) is 1. The molecule has 2 amide bonds. The fourth-order valence-electron chi connectivity index (χ4n) is 2.45. The molecule has 0 aromatic heterocycles. The lowest BCUT2D eigenvalue weighted by Gasteiger charge is -2.32. The second-order valence-electron chi connectivity index (χ2n) is 4.99. The van der Waals surface area contributed by atoms with Crippen LogP contribution in [0.15, 0.2) is 24.3 Å². The largest absolute Gasteiger partial charge is 0.324 e. The first-order chi connectivity index (χ1) is 9.22. The van der Waals surface area contributed by atoms with Crippen LogP contribution in [0.3, 0.4) is 0 Å². The van der Waals surface area contributed by atoms with Gasteiger partial charge >= 0.3 is 6.03 Å². The van der Waals surface area contributed by atoms with Crippen molar-refractivity contribution in [2.75, 3.05) is 18.4 Å². The Balaban J connectivity index is 1.98. The van der Waals surface area contributed by atoms with Gasteiger partial charge in [-0.05, 0) is 37.0 Å². The maximum absolute atomic E-state index is 12.2. The summed E-state index contributed by atoms with van der Waals surface area (Å²) in [4.78, 5) is 14.0. The van der Waals surface area contributed by atoms with Gasteiger partial charge in [0.15, 0.2) is 0 Å². The Morgan fingerprint density at radius 3 is 3.16 bits per heavy atom. The van der Waals surface area contributed by atoms with Crippen molar-refractivity contribution >= 4 is 11.7 Å². The highest BCUT2D eigenvalue weighted by Crippen LogP contribution is 2.20. The second kappa shape index (κ2) is 6.24. The van der Waals surface area contributed by atoms with Gasteiger partial charge in [0.1, 0.15) is 0 Å². The van der Waals surface area contributed by atoms with Gasteiger partial charge in [-0.15, -0.1) is 0 Å². The van der Waals surface area contributed by atoms with Crippen LogP contribution in [0.1, 0.15) is 31.7 Å². The summed E-state index contributed by atoms with van der Waals surface area (Å²) >= 11 is 0. The summed E-state index contributed by atoms with van der Waals surface area (Å²) in [6.07, 6.45) is 3.40. The Morgan fingerprint density at radius 1 is 1.58 bits per heavy atom. The molecule has 1 aliphatic rings. The normalized spacial score (nSPS) is 18.7. The lowest BCUT2D eigenvalue weighted by Crippen LogP contribution is -2.42. The third-order valence-electron chi connectivity index (χ3n) is 3.63. The lowest BCUT2D eigenvalue weighted by atomic mass is 9.96. The van der Waals surface area contributed by atoms with Gasteiger partial charge in [-0.1, -0.05) is 19.4 Å².